The summed E-state index contributed by atoms with van der Waals surface area (Å²) in [5, 5.41) is 3.94. The van der Waals surface area contributed by atoms with Crippen LogP contribution in [0.3, 0.4) is 0 Å². The molecule has 0 unspecified atom stereocenters. The number of carbonyl (C=O) groups excluding carboxylic acids is 4. The van der Waals surface area contributed by atoms with Crippen LogP contribution in [0.15, 0.2) is 29.8 Å². The molecule has 1 aromatic carbocycles. The van der Waals surface area contributed by atoms with E-state index in [0.717, 1.165) is 0 Å². The molecule has 1 aliphatic heterocycles. The van der Waals surface area contributed by atoms with Crippen molar-refractivity contribution in [2.24, 2.45) is 0 Å². The second-order valence-electron chi connectivity index (χ2n) is 3.81. The van der Waals surface area contributed by atoms with Crippen molar-refractivity contribution >= 4 is 30.2 Å². The summed E-state index contributed by atoms with van der Waals surface area (Å²) >= 11 is 0. The summed E-state index contributed by atoms with van der Waals surface area (Å²) in [6.45, 7) is -0.142. The highest BCUT2D eigenvalue weighted by Crippen LogP contribution is 2.21. The van der Waals surface area contributed by atoms with Crippen molar-refractivity contribution in [3.63, 3.8) is 0 Å². The molecule has 2 N–H and O–H groups in total. The summed E-state index contributed by atoms with van der Waals surface area (Å²) in [6, 6.07) is 5.73. The van der Waals surface area contributed by atoms with E-state index in [4.69, 9.17) is 4.74 Å². The summed E-state index contributed by atoms with van der Waals surface area (Å²) in [7, 11) is 0. The van der Waals surface area contributed by atoms with Crippen LogP contribution in [-0.4, -0.2) is 30.7 Å². The second-order valence-corrected chi connectivity index (χ2v) is 3.81. The fourth-order valence-electron chi connectivity index (χ4n) is 1.62. The van der Waals surface area contributed by atoms with Gasteiger partial charge in [-0.15, -0.1) is 0 Å². The Morgan fingerprint density at radius 2 is 1.70 bits per heavy atom. The lowest BCUT2D eigenvalue weighted by molar-refractivity contribution is -0.124. The lowest BCUT2D eigenvalue weighted by Gasteiger charge is -2.14. The van der Waals surface area contributed by atoms with Crippen molar-refractivity contribution in [3.05, 3.63) is 35.4 Å². The van der Waals surface area contributed by atoms with E-state index in [1.54, 1.807) is 24.3 Å². The van der Waals surface area contributed by atoms with Crippen LogP contribution in [0.5, 0.6) is 5.75 Å². The van der Waals surface area contributed by atoms with Crippen molar-refractivity contribution < 1.29 is 23.9 Å². The molecule has 0 aromatic heterocycles. The molecule has 1 heterocycles. The molecule has 20 heavy (non-hydrogen) atoms. The van der Waals surface area contributed by atoms with Gasteiger partial charge >= 0.3 is 6.03 Å². The first-order valence-electron chi connectivity index (χ1n) is 5.65. The van der Waals surface area contributed by atoms with Gasteiger partial charge in [-0.3, -0.25) is 25.0 Å². The number of rotatable bonds is 4. The number of hydrogen-bond donors (Lipinski definition) is 2. The number of aldehydes is 1. The number of benzene rings is 1. The van der Waals surface area contributed by atoms with E-state index in [2.05, 4.69) is 0 Å². The zero-order chi connectivity index (χ0) is 14.5. The predicted octanol–water partition coefficient (Wildman–Crippen LogP) is 0.0137. The minimum absolute atomic E-state index is 0.142. The number of carbonyl (C=O) groups is 4. The second kappa shape index (κ2) is 5.79. The highest BCUT2D eigenvalue weighted by Gasteiger charge is 2.27. The summed E-state index contributed by atoms with van der Waals surface area (Å²) in [6.07, 6.45) is 1.87. The van der Waals surface area contributed by atoms with Crippen LogP contribution in [0.25, 0.3) is 6.08 Å². The van der Waals surface area contributed by atoms with Crippen molar-refractivity contribution in [3.8, 4) is 5.75 Å². The van der Waals surface area contributed by atoms with E-state index in [1.807, 2.05) is 10.6 Å². The van der Waals surface area contributed by atoms with Gasteiger partial charge in [-0.25, -0.2) is 4.79 Å². The smallest absolute Gasteiger partial charge is 0.328 e. The van der Waals surface area contributed by atoms with Crippen LogP contribution in [0.4, 0.5) is 4.79 Å². The lowest BCUT2D eigenvalue weighted by Crippen LogP contribution is -2.51. The van der Waals surface area contributed by atoms with Gasteiger partial charge in [0.15, 0.2) is 6.29 Å². The number of ether oxygens (including phenoxy) is 1. The lowest BCUT2D eigenvalue weighted by atomic mass is 10.1. The monoisotopic (exact) mass is 274 g/mol. The van der Waals surface area contributed by atoms with Gasteiger partial charge in [-0.1, -0.05) is 18.2 Å². The SMILES string of the molecule is O=CCOc1ccccc1C=C1C(=O)NC(=O)NC1=O. The summed E-state index contributed by atoms with van der Waals surface area (Å²) in [5.74, 6) is -1.22. The molecule has 102 valence electrons. The topological polar surface area (TPSA) is 102 Å². The number of nitrogens with one attached hydrogen (secondary N) is 2. The Kier molecular flexibility index (Phi) is 3.90. The van der Waals surface area contributed by atoms with Crippen molar-refractivity contribution in [2.75, 3.05) is 6.61 Å². The van der Waals surface area contributed by atoms with E-state index in [1.165, 1.54) is 6.08 Å². The minimum Gasteiger partial charge on any atom is -0.486 e. The molecular weight excluding hydrogens is 264 g/mol. The number of imide groups is 2. The molecule has 2 rings (SSSR count). The quantitative estimate of drug-likeness (QED) is 0.457. The van der Waals surface area contributed by atoms with Crippen LogP contribution in [-0.2, 0) is 14.4 Å². The number of urea groups is 1. The molecular formula is C13H10N2O5. The van der Waals surface area contributed by atoms with Gasteiger partial charge in [-0.2, -0.15) is 0 Å². The molecule has 1 aliphatic rings. The highest BCUT2D eigenvalue weighted by atomic mass is 16.5. The Bertz CT molecular complexity index is 599. The Labute approximate surface area is 113 Å². The Morgan fingerprint density at radius 1 is 1.05 bits per heavy atom. The van der Waals surface area contributed by atoms with Gasteiger partial charge in [0.25, 0.3) is 11.8 Å². The third-order valence-corrected chi connectivity index (χ3v) is 2.47. The Balaban J connectivity index is 2.34. The van der Waals surface area contributed by atoms with Gasteiger partial charge in [0.2, 0.25) is 0 Å². The molecule has 1 aromatic rings. The number of barbiturate groups is 1. The number of amides is 4. The third-order valence-electron chi connectivity index (χ3n) is 2.47. The maximum Gasteiger partial charge on any atom is 0.328 e. The molecule has 0 spiro atoms. The van der Waals surface area contributed by atoms with Crippen LogP contribution in [0, 0.1) is 0 Å². The fourth-order valence-corrected chi connectivity index (χ4v) is 1.62. The zero-order valence-corrected chi connectivity index (χ0v) is 10.2. The maximum absolute atomic E-state index is 11.6. The van der Waals surface area contributed by atoms with E-state index in [-0.39, 0.29) is 12.2 Å². The number of para-hydroxylation sites is 1. The van der Waals surface area contributed by atoms with E-state index >= 15 is 0 Å². The zero-order valence-electron chi connectivity index (χ0n) is 10.2. The van der Waals surface area contributed by atoms with Gasteiger partial charge in [0, 0.05) is 5.56 Å². The molecule has 1 fully saturated rings. The first kappa shape index (κ1) is 13.5. The van der Waals surface area contributed by atoms with Gasteiger partial charge < -0.3 is 4.74 Å². The van der Waals surface area contributed by atoms with E-state index < -0.39 is 17.8 Å². The Morgan fingerprint density at radius 3 is 2.35 bits per heavy atom. The standard InChI is InChI=1S/C13H10N2O5/c16-5-6-20-10-4-2-1-3-8(10)7-9-11(17)14-13(19)15-12(9)18/h1-5,7H,6H2,(H2,14,15,17,18,19). The molecule has 0 atom stereocenters. The van der Waals surface area contributed by atoms with Crippen LogP contribution >= 0.6 is 0 Å². The highest BCUT2D eigenvalue weighted by molar-refractivity contribution is 6.31. The van der Waals surface area contributed by atoms with Gasteiger partial charge in [0.05, 0.1) is 0 Å². The molecule has 0 saturated carbocycles. The molecule has 0 radical (unpaired) electrons. The van der Waals surface area contributed by atoms with Gasteiger partial charge in [-0.05, 0) is 12.1 Å². The average molecular weight is 274 g/mol. The molecule has 4 amide bonds. The molecule has 7 nitrogen and oxygen atoms in total. The van der Waals surface area contributed by atoms with Crippen molar-refractivity contribution in [1.82, 2.24) is 10.6 Å². The summed E-state index contributed by atoms with van der Waals surface area (Å²) in [4.78, 5) is 44.4. The van der Waals surface area contributed by atoms with Crippen molar-refractivity contribution in [2.45, 2.75) is 0 Å². The fraction of sp³-hybridized carbons (Fsp3) is 0.0769. The maximum atomic E-state index is 11.6. The summed E-state index contributed by atoms with van der Waals surface area (Å²) < 4.78 is 5.18. The molecule has 0 bridgehead atoms. The normalized spacial score (nSPS) is 14.4. The van der Waals surface area contributed by atoms with Crippen LogP contribution < -0.4 is 15.4 Å². The van der Waals surface area contributed by atoms with Crippen molar-refractivity contribution in [1.29, 1.82) is 0 Å². The Hall–Kier alpha value is -2.96. The van der Waals surface area contributed by atoms with E-state index in [9.17, 15) is 19.2 Å². The van der Waals surface area contributed by atoms with E-state index in [0.29, 0.717) is 17.6 Å². The molecule has 1 saturated heterocycles. The van der Waals surface area contributed by atoms with Gasteiger partial charge in [0.1, 0.15) is 17.9 Å². The van der Waals surface area contributed by atoms with Crippen LogP contribution in [0.2, 0.25) is 0 Å². The third kappa shape index (κ3) is 2.89. The average Bonchev–Trinajstić information content (AvgIpc) is 2.41. The number of hydrogen-bond acceptors (Lipinski definition) is 5. The van der Waals surface area contributed by atoms with Crippen LogP contribution in [0.1, 0.15) is 5.56 Å². The summed E-state index contributed by atoms with van der Waals surface area (Å²) in [5.41, 5.74) is 0.232. The molecule has 0 aliphatic carbocycles. The first-order valence-corrected chi connectivity index (χ1v) is 5.65. The molecule has 7 heteroatoms. The first-order chi connectivity index (χ1) is 9.61. The predicted molar refractivity (Wildman–Crippen MR) is 67.7 cm³/mol. The minimum atomic E-state index is -0.859. The largest absolute Gasteiger partial charge is 0.486 e.